The molecule has 16 aromatic rings. The molecule has 2 saturated carbocycles. The highest BCUT2D eigenvalue weighted by molar-refractivity contribution is 7.07. The van der Waals surface area contributed by atoms with E-state index in [4.69, 9.17) is 75.6 Å². The largest absolute Gasteiger partial charge is 0.379 e. The number of benzene rings is 5. The molecule has 34 heteroatoms. The second kappa shape index (κ2) is 38.7. The third-order valence-corrected chi connectivity index (χ3v) is 25.8. The number of amides is 3. The summed E-state index contributed by atoms with van der Waals surface area (Å²) in [7, 11) is 0. The molecule has 22 rings (SSSR count). The lowest BCUT2D eigenvalue weighted by atomic mass is 10.1. The number of piperazine rings is 3. The Kier molecular flexibility index (Phi) is 25.8. The first-order valence-corrected chi connectivity index (χ1v) is 45.5. The van der Waals surface area contributed by atoms with Gasteiger partial charge in [-0.2, -0.15) is 20.4 Å². The average molecular weight is 1820 g/mol. The van der Waals surface area contributed by atoms with Crippen molar-refractivity contribution in [1.82, 2.24) is 112 Å². The maximum atomic E-state index is 12.8. The fraction of sp³-hybridized carbons (Fsp3) is 0.284. The predicted octanol–water partition coefficient (Wildman–Crippen LogP) is 15.8. The Balaban J connectivity index is 0.000000112. The third kappa shape index (κ3) is 19.7. The van der Waals surface area contributed by atoms with Crippen molar-refractivity contribution in [3.63, 3.8) is 0 Å². The molecule has 0 bridgehead atoms. The molecular weight excluding hydrogens is 1730 g/mol. The zero-order valence-electron chi connectivity index (χ0n) is 70.5. The van der Waals surface area contributed by atoms with Crippen LogP contribution in [0.15, 0.2) is 217 Å². The van der Waals surface area contributed by atoms with Gasteiger partial charge in [-0.15, -0.1) is 11.3 Å². The molecule has 3 amide bonds. The summed E-state index contributed by atoms with van der Waals surface area (Å²) in [4.78, 5) is 94.2. The zero-order chi connectivity index (χ0) is 88.0. The minimum atomic E-state index is 0.00588. The summed E-state index contributed by atoms with van der Waals surface area (Å²) < 4.78 is 19.0. The molecule has 6 fully saturated rings. The van der Waals surface area contributed by atoms with E-state index >= 15 is 0 Å². The van der Waals surface area contributed by atoms with Crippen LogP contribution in [0.25, 0.3) is 90.3 Å². The van der Waals surface area contributed by atoms with Crippen LogP contribution in [0.2, 0.25) is 20.1 Å². The molecule has 4 aliphatic heterocycles. The van der Waals surface area contributed by atoms with E-state index in [0.717, 1.165) is 217 Å². The molecule has 0 N–H and O–H groups in total. The van der Waals surface area contributed by atoms with Gasteiger partial charge in [-0.25, -0.2) is 24.9 Å². The van der Waals surface area contributed by atoms with Crippen molar-refractivity contribution in [3.8, 4) is 73.7 Å². The number of imidazole rings is 4. The number of halogens is 4. The Morgan fingerprint density at radius 1 is 0.442 bits per heavy atom. The van der Waals surface area contributed by atoms with Gasteiger partial charge in [0.05, 0.1) is 130 Å². The molecule has 0 spiro atoms. The number of carbonyl (C=O) groups is 3. The van der Waals surface area contributed by atoms with Crippen molar-refractivity contribution in [2.24, 2.45) is 0 Å². The van der Waals surface area contributed by atoms with Gasteiger partial charge in [0.2, 0.25) is 18.1 Å². The minimum absolute atomic E-state index is 0.00588. The number of aromatic nitrogens is 16. The van der Waals surface area contributed by atoms with Crippen LogP contribution >= 0.6 is 57.7 Å². The molecule has 15 heterocycles. The van der Waals surface area contributed by atoms with Crippen molar-refractivity contribution < 1.29 is 23.6 Å². The molecule has 2 aliphatic carbocycles. The summed E-state index contributed by atoms with van der Waals surface area (Å²) in [6.07, 6.45) is 23.1. The maximum absolute atomic E-state index is 12.8. The molecular formula is C95H88Cl4N24O5S. The Morgan fingerprint density at radius 2 is 0.876 bits per heavy atom. The van der Waals surface area contributed by atoms with E-state index in [1.165, 1.54) is 49.6 Å². The fourth-order valence-electron chi connectivity index (χ4n) is 16.8. The van der Waals surface area contributed by atoms with E-state index in [1.807, 2.05) is 178 Å². The number of morpholine rings is 1. The van der Waals surface area contributed by atoms with Gasteiger partial charge in [0, 0.05) is 220 Å². The van der Waals surface area contributed by atoms with Crippen LogP contribution < -0.4 is 0 Å². The maximum Gasteiger partial charge on any atom is 0.273 e. The van der Waals surface area contributed by atoms with E-state index in [-0.39, 0.29) is 17.7 Å². The lowest BCUT2D eigenvalue weighted by molar-refractivity contribution is -0.130. The van der Waals surface area contributed by atoms with Crippen LogP contribution in [0.3, 0.4) is 0 Å². The van der Waals surface area contributed by atoms with Crippen molar-refractivity contribution in [1.29, 1.82) is 5.26 Å². The average Bonchev–Trinajstić information content (AvgIpc) is 1.63. The number of fused-ring (bicyclic) bond motifs is 4. The molecule has 0 atom stereocenters. The summed E-state index contributed by atoms with van der Waals surface area (Å²) in [5.74, 6) is 1.82. The van der Waals surface area contributed by atoms with Crippen molar-refractivity contribution in [3.05, 3.63) is 284 Å². The molecule has 0 unspecified atom stereocenters. The van der Waals surface area contributed by atoms with Crippen LogP contribution in [0.1, 0.15) is 105 Å². The summed E-state index contributed by atoms with van der Waals surface area (Å²) in [5, 5.41) is 25.7. The summed E-state index contributed by atoms with van der Waals surface area (Å²) in [6, 6.07) is 46.5. The Labute approximate surface area is 766 Å². The number of hydrogen-bond acceptors (Lipinski definition) is 23. The molecule has 4 saturated heterocycles. The molecule has 6 aliphatic rings. The number of rotatable bonds is 18. The van der Waals surface area contributed by atoms with E-state index < -0.39 is 0 Å². The number of thiazole rings is 1. The van der Waals surface area contributed by atoms with Crippen LogP contribution in [0, 0.1) is 11.3 Å². The molecule has 5 aromatic carbocycles. The first-order chi connectivity index (χ1) is 63.1. The molecule has 0 radical (unpaired) electrons. The molecule has 129 heavy (non-hydrogen) atoms. The van der Waals surface area contributed by atoms with Crippen LogP contribution in [0.4, 0.5) is 0 Å². The van der Waals surface area contributed by atoms with E-state index in [0.29, 0.717) is 87.3 Å². The number of pyridine rings is 1. The molecule has 11 aromatic heterocycles. The second-order valence-corrected chi connectivity index (χ2v) is 35.1. The van der Waals surface area contributed by atoms with Gasteiger partial charge in [-0.1, -0.05) is 118 Å². The first-order valence-electron chi connectivity index (χ1n) is 43.0. The highest BCUT2D eigenvalue weighted by Gasteiger charge is 2.33. The monoisotopic (exact) mass is 1820 g/mol. The van der Waals surface area contributed by atoms with E-state index in [1.54, 1.807) is 30.9 Å². The fourth-order valence-corrected chi connectivity index (χ4v) is 17.8. The predicted molar refractivity (Wildman–Crippen MR) is 493 cm³/mol. The minimum Gasteiger partial charge on any atom is -0.379 e. The summed E-state index contributed by atoms with van der Waals surface area (Å²) in [5.41, 5.74) is 23.7. The number of nitrogens with zero attached hydrogens (tertiary/aromatic N) is 24. The van der Waals surface area contributed by atoms with E-state index in [9.17, 15) is 19.6 Å². The van der Waals surface area contributed by atoms with Crippen LogP contribution in [0.5, 0.6) is 0 Å². The second-order valence-electron chi connectivity index (χ2n) is 32.7. The van der Waals surface area contributed by atoms with Crippen LogP contribution in [-0.4, -0.2) is 235 Å². The lowest BCUT2D eigenvalue weighted by Gasteiger charge is -2.34. The number of ether oxygens (including phenoxy) is 1. The summed E-state index contributed by atoms with van der Waals surface area (Å²) >= 11 is 25.9. The SMILES string of the molecule is CC(=O)N1CCN(Cc2c(-c3ccc(Cl)cc3)nc3ccc(-c4ncon4)cn23)CC1.N#Cc1ccccc1-c1cn2c(CN3CCOCC3)c(-c3ccc(Cl)cc3)nc2cn1.O=C(c1ccnnc1)N1CCN(Cc2c(-c3ccc(Cl)cc3)nc3cnc(C4CC4)cn23)CC1.O=C(c1cscn1)N1CCN(Cc2c(-c3ccc(Cl)cc3)nc3cnc(C4CC4)cn23)CC1. The van der Waals surface area contributed by atoms with Gasteiger partial charge in [0.25, 0.3) is 11.8 Å². The van der Waals surface area contributed by atoms with Crippen molar-refractivity contribution >= 4 is 98.1 Å². The molecule has 652 valence electrons. The van der Waals surface area contributed by atoms with Gasteiger partial charge in [-0.05, 0) is 98.5 Å². The standard InChI is InChI=1S/C25H24ClN7O.C24H23ClN6OS.C24H20ClN5O.C22H21ClN6O2/c26-20-5-3-18(4-6-20)24-22(33-15-21(17-1-2-17)27-14-23(33)30-24)16-31-9-11-32(12-10-31)25(34)19-7-8-28-29-13-19;25-18-5-3-17(4-6-18)23-21(31-12-19(16-1-2-16)26-11-22(31)28-23)13-29-7-9-30(10-8-29)24(32)20-14-33-15-27-20;25-19-7-5-17(6-8-19)24-22(16-29-9-11-31-12-10-29)30-15-21(27-14-23(30)28-24)20-4-2-1-3-18(20)13-26;1-15(30)28-10-8-27(9-11-28)13-19-21(16-2-5-18(23)6-3-16)25-20-7-4-17(12-29(19)20)22-24-14-31-26-22/h3-8,13-15,17H,1-2,9-12,16H2;3-6,11-12,14-16H,1-2,7-10,13H2;1-8,14-15H,9-12,16H2;2-7,12,14H,8-11,13H2,1H3. The van der Waals surface area contributed by atoms with Gasteiger partial charge in [-0.3, -0.25) is 62.1 Å². The van der Waals surface area contributed by atoms with Crippen LogP contribution in [-0.2, 0) is 35.7 Å². The Bertz CT molecular complexity index is 6720. The number of nitriles is 1. The van der Waals surface area contributed by atoms with Crippen molar-refractivity contribution in [2.75, 3.05) is 105 Å². The van der Waals surface area contributed by atoms with Gasteiger partial charge in [0.15, 0.2) is 16.9 Å². The van der Waals surface area contributed by atoms with E-state index in [2.05, 4.69) is 95.9 Å². The van der Waals surface area contributed by atoms with Gasteiger partial charge < -0.3 is 28.4 Å². The Morgan fingerprint density at radius 3 is 1.31 bits per heavy atom. The number of carbonyl (C=O) groups excluding carboxylic acids is 3. The van der Waals surface area contributed by atoms with Gasteiger partial charge >= 0.3 is 0 Å². The van der Waals surface area contributed by atoms with Gasteiger partial charge in [0.1, 0.15) is 11.3 Å². The Hall–Kier alpha value is -12.6. The lowest BCUT2D eigenvalue weighted by Crippen LogP contribution is -2.48. The topological polar surface area (TPSA) is 292 Å². The first kappa shape index (κ1) is 85.8. The van der Waals surface area contributed by atoms with Crippen molar-refractivity contribution in [2.45, 2.75) is 70.6 Å². The highest BCUT2D eigenvalue weighted by atomic mass is 35.5. The number of hydrogen-bond donors (Lipinski definition) is 0. The smallest absolute Gasteiger partial charge is 0.273 e. The highest BCUT2D eigenvalue weighted by Crippen LogP contribution is 2.42. The third-order valence-electron chi connectivity index (χ3n) is 24.2. The summed E-state index contributed by atoms with van der Waals surface area (Å²) in [6.45, 7) is 16.8. The quantitative estimate of drug-likeness (QED) is 0.0771. The zero-order valence-corrected chi connectivity index (χ0v) is 74.4. The molecule has 29 nitrogen and oxygen atoms in total. The normalized spacial score (nSPS) is 15.9.